The van der Waals surface area contributed by atoms with Crippen LogP contribution in [0.5, 0.6) is 0 Å². The summed E-state index contributed by atoms with van der Waals surface area (Å²) in [5.41, 5.74) is 4.79. The number of hydrogen-bond acceptors (Lipinski definition) is 1. The number of alkyl halides is 3. The van der Waals surface area contributed by atoms with E-state index in [1.165, 1.54) is 24.3 Å². The van der Waals surface area contributed by atoms with Gasteiger partial charge in [-0.25, -0.2) is 4.99 Å². The summed E-state index contributed by atoms with van der Waals surface area (Å²) in [5.74, 6) is -1.39. The predicted molar refractivity (Wildman–Crippen MR) is 48.8 cm³/mol. The summed E-state index contributed by atoms with van der Waals surface area (Å²) in [5, 5.41) is 0.307. The molecule has 2 nitrogen and oxygen atoms in total. The smallest absolute Gasteiger partial charge is 0.380 e. The highest BCUT2D eigenvalue weighted by Gasteiger charge is 2.33. The Balaban J connectivity index is 2.98. The highest BCUT2D eigenvalue weighted by molar-refractivity contribution is 6.30. The summed E-state index contributed by atoms with van der Waals surface area (Å²) < 4.78 is 35.8. The lowest BCUT2D eigenvalue weighted by Crippen LogP contribution is -2.30. The van der Waals surface area contributed by atoms with E-state index < -0.39 is 12.0 Å². The van der Waals surface area contributed by atoms with Crippen LogP contribution in [-0.4, -0.2) is 12.0 Å². The van der Waals surface area contributed by atoms with Crippen LogP contribution >= 0.6 is 11.6 Å². The molecule has 0 aliphatic rings. The highest BCUT2D eigenvalue weighted by atomic mass is 35.5. The van der Waals surface area contributed by atoms with E-state index in [1.807, 2.05) is 0 Å². The van der Waals surface area contributed by atoms with Crippen molar-refractivity contribution in [1.29, 1.82) is 0 Å². The van der Waals surface area contributed by atoms with Crippen molar-refractivity contribution in [3.05, 3.63) is 29.3 Å². The number of benzene rings is 1. The number of nitrogens with zero attached hydrogens (tertiary/aromatic N) is 1. The van der Waals surface area contributed by atoms with Gasteiger partial charge in [0.2, 0.25) is 5.84 Å². The fourth-order valence-corrected chi connectivity index (χ4v) is 0.933. The third-order valence-corrected chi connectivity index (χ3v) is 1.58. The van der Waals surface area contributed by atoms with Gasteiger partial charge in [0, 0.05) is 5.02 Å². The van der Waals surface area contributed by atoms with Crippen LogP contribution in [0, 0.1) is 0 Å². The fourth-order valence-electron chi connectivity index (χ4n) is 0.748. The minimum absolute atomic E-state index is 0.0762. The molecule has 76 valence electrons. The summed E-state index contributed by atoms with van der Waals surface area (Å²) in [6.45, 7) is 0. The first-order chi connectivity index (χ1) is 6.39. The van der Waals surface area contributed by atoms with Gasteiger partial charge in [-0.1, -0.05) is 17.7 Å². The van der Waals surface area contributed by atoms with Gasteiger partial charge >= 0.3 is 6.18 Å². The van der Waals surface area contributed by atoms with Crippen LogP contribution in [0.4, 0.5) is 18.9 Å². The molecule has 0 unspecified atom stereocenters. The molecule has 0 bridgehead atoms. The molecule has 0 radical (unpaired) electrons. The van der Waals surface area contributed by atoms with Gasteiger partial charge in [-0.15, -0.1) is 0 Å². The Labute approximate surface area is 83.2 Å². The van der Waals surface area contributed by atoms with Crippen molar-refractivity contribution < 1.29 is 13.2 Å². The second-order valence-electron chi connectivity index (χ2n) is 2.47. The molecule has 2 N–H and O–H groups in total. The van der Waals surface area contributed by atoms with Gasteiger partial charge in [0.15, 0.2) is 0 Å². The number of halogens is 4. The molecule has 0 spiro atoms. The Morgan fingerprint density at radius 1 is 1.36 bits per heavy atom. The van der Waals surface area contributed by atoms with Crippen LogP contribution in [0.3, 0.4) is 0 Å². The summed E-state index contributed by atoms with van der Waals surface area (Å²) in [7, 11) is 0. The third kappa shape index (κ3) is 2.92. The van der Waals surface area contributed by atoms with E-state index in [4.69, 9.17) is 17.3 Å². The monoisotopic (exact) mass is 222 g/mol. The Kier molecular flexibility index (Phi) is 3.00. The van der Waals surface area contributed by atoms with Crippen molar-refractivity contribution in [2.75, 3.05) is 0 Å². The highest BCUT2D eigenvalue weighted by Crippen LogP contribution is 2.21. The van der Waals surface area contributed by atoms with Crippen LogP contribution in [0.2, 0.25) is 5.02 Å². The van der Waals surface area contributed by atoms with E-state index in [2.05, 4.69) is 4.99 Å². The lowest BCUT2D eigenvalue weighted by Gasteiger charge is -2.04. The molecule has 0 heterocycles. The van der Waals surface area contributed by atoms with Gasteiger partial charge < -0.3 is 5.73 Å². The minimum Gasteiger partial charge on any atom is -0.380 e. The van der Waals surface area contributed by atoms with Gasteiger partial charge in [0.05, 0.1) is 5.69 Å². The molecule has 0 saturated heterocycles. The molecule has 0 atom stereocenters. The van der Waals surface area contributed by atoms with Crippen LogP contribution in [0.25, 0.3) is 0 Å². The molecular formula is C8H6ClF3N2. The van der Waals surface area contributed by atoms with Gasteiger partial charge in [0.25, 0.3) is 0 Å². The van der Waals surface area contributed by atoms with Crippen LogP contribution in [-0.2, 0) is 0 Å². The van der Waals surface area contributed by atoms with E-state index in [1.54, 1.807) is 0 Å². The summed E-state index contributed by atoms with van der Waals surface area (Å²) in [6, 6.07) is 5.69. The van der Waals surface area contributed by atoms with E-state index in [0.717, 1.165) is 0 Å². The topological polar surface area (TPSA) is 38.4 Å². The average molecular weight is 223 g/mol. The van der Waals surface area contributed by atoms with Gasteiger partial charge in [0.1, 0.15) is 0 Å². The van der Waals surface area contributed by atoms with Crippen LogP contribution < -0.4 is 5.73 Å². The van der Waals surface area contributed by atoms with Crippen molar-refractivity contribution in [2.24, 2.45) is 10.7 Å². The van der Waals surface area contributed by atoms with Gasteiger partial charge in [-0.3, -0.25) is 0 Å². The maximum Gasteiger partial charge on any atom is 0.448 e. The summed E-state index contributed by atoms with van der Waals surface area (Å²) in [6.07, 6.45) is -4.61. The molecular weight excluding hydrogens is 217 g/mol. The molecule has 6 heteroatoms. The minimum atomic E-state index is -4.61. The molecule has 0 aliphatic heterocycles. The maximum absolute atomic E-state index is 11.9. The first kappa shape index (κ1) is 10.8. The van der Waals surface area contributed by atoms with Crippen molar-refractivity contribution in [2.45, 2.75) is 6.18 Å². The van der Waals surface area contributed by atoms with Gasteiger partial charge in [-0.2, -0.15) is 13.2 Å². The first-order valence-electron chi connectivity index (χ1n) is 3.56. The molecule has 0 amide bonds. The van der Waals surface area contributed by atoms with Crippen LogP contribution in [0.15, 0.2) is 29.3 Å². The number of amidine groups is 1. The zero-order chi connectivity index (χ0) is 10.8. The molecule has 1 rings (SSSR count). The van der Waals surface area contributed by atoms with E-state index >= 15 is 0 Å². The quantitative estimate of drug-likeness (QED) is 0.576. The summed E-state index contributed by atoms with van der Waals surface area (Å²) >= 11 is 5.55. The molecule has 0 fully saturated rings. The second kappa shape index (κ2) is 3.88. The molecule has 0 aliphatic carbocycles. The molecule has 0 aromatic heterocycles. The van der Waals surface area contributed by atoms with Gasteiger partial charge in [-0.05, 0) is 18.2 Å². The Morgan fingerprint density at radius 2 is 2.00 bits per heavy atom. The zero-order valence-corrected chi connectivity index (χ0v) is 7.60. The number of rotatable bonds is 1. The number of hydrogen-bond donors (Lipinski definition) is 1. The first-order valence-corrected chi connectivity index (χ1v) is 3.94. The largest absolute Gasteiger partial charge is 0.448 e. The van der Waals surface area contributed by atoms with Crippen LogP contribution in [0.1, 0.15) is 0 Å². The van der Waals surface area contributed by atoms with Crippen molar-refractivity contribution in [3.63, 3.8) is 0 Å². The normalized spacial score (nSPS) is 13.0. The van der Waals surface area contributed by atoms with Crippen molar-refractivity contribution >= 4 is 23.1 Å². The lowest BCUT2D eigenvalue weighted by molar-refractivity contribution is -0.0597. The van der Waals surface area contributed by atoms with Crippen molar-refractivity contribution in [1.82, 2.24) is 0 Å². The molecule has 1 aromatic carbocycles. The predicted octanol–water partition coefficient (Wildman–Crippen LogP) is 2.89. The summed E-state index contributed by atoms with van der Waals surface area (Å²) in [4.78, 5) is 3.18. The number of aliphatic imine (C=N–C) groups is 1. The van der Waals surface area contributed by atoms with E-state index in [0.29, 0.717) is 5.02 Å². The van der Waals surface area contributed by atoms with E-state index in [-0.39, 0.29) is 5.69 Å². The molecule has 14 heavy (non-hydrogen) atoms. The third-order valence-electron chi connectivity index (χ3n) is 1.35. The van der Waals surface area contributed by atoms with Crippen molar-refractivity contribution in [3.8, 4) is 0 Å². The Hall–Kier alpha value is -1.23. The zero-order valence-electron chi connectivity index (χ0n) is 6.85. The lowest BCUT2D eigenvalue weighted by atomic mass is 10.3. The maximum atomic E-state index is 11.9. The second-order valence-corrected chi connectivity index (χ2v) is 2.91. The standard InChI is InChI=1S/C8H6ClF3N2/c9-5-2-1-3-6(4-5)14-7(13)8(10,11)12/h1-4H,(H2,13,14). The molecule has 0 saturated carbocycles. The fraction of sp³-hybridized carbons (Fsp3) is 0.125. The Morgan fingerprint density at radius 3 is 2.50 bits per heavy atom. The Bertz CT molecular complexity index is 360. The SMILES string of the molecule is NC(=Nc1cccc(Cl)c1)C(F)(F)F. The average Bonchev–Trinajstić information content (AvgIpc) is 2.02. The van der Waals surface area contributed by atoms with E-state index in [9.17, 15) is 13.2 Å². The number of nitrogens with two attached hydrogens (primary N) is 1. The molecule has 1 aromatic rings.